The van der Waals surface area contributed by atoms with E-state index in [0.29, 0.717) is 5.13 Å². The maximum atomic E-state index is 12.9. The molecule has 0 atom stereocenters. The Labute approximate surface area is 188 Å². The van der Waals surface area contributed by atoms with Gasteiger partial charge in [-0.1, -0.05) is 57.6 Å². The third-order valence-electron chi connectivity index (χ3n) is 4.04. The van der Waals surface area contributed by atoms with Gasteiger partial charge in [-0.05, 0) is 35.9 Å². The van der Waals surface area contributed by atoms with Crippen LogP contribution in [0.25, 0.3) is 16.3 Å². The fourth-order valence-corrected chi connectivity index (χ4v) is 4.09. The Morgan fingerprint density at radius 2 is 2.00 bits per heavy atom. The molecule has 0 saturated heterocycles. The normalized spacial score (nSPS) is 11.5. The molecule has 0 aliphatic rings. The third kappa shape index (κ3) is 4.93. The summed E-state index contributed by atoms with van der Waals surface area (Å²) in [5, 5.41) is 16.5. The molecule has 154 valence electrons. The van der Waals surface area contributed by atoms with E-state index >= 15 is 0 Å². The highest BCUT2D eigenvalue weighted by molar-refractivity contribution is 9.10. The van der Waals surface area contributed by atoms with E-state index in [1.54, 1.807) is 6.08 Å². The van der Waals surface area contributed by atoms with E-state index in [1.165, 1.54) is 35.8 Å². The van der Waals surface area contributed by atoms with Gasteiger partial charge >= 0.3 is 5.88 Å². The molecule has 0 fully saturated rings. The first-order valence-corrected chi connectivity index (χ1v) is 10.5. The minimum absolute atomic E-state index is 0.139. The molecule has 0 aliphatic carbocycles. The molecule has 2 aromatic heterocycles. The van der Waals surface area contributed by atoms with Crippen molar-refractivity contribution < 1.29 is 14.1 Å². The SMILES string of the molecule is O=C(/C=C/c1ccccc1)N(/N=C/c1ccc([N+](=O)[O-])o1)c1nc2ccc(Br)cc2s1. The lowest BCUT2D eigenvalue weighted by Gasteiger charge is -2.10. The fourth-order valence-electron chi connectivity index (χ4n) is 2.60. The lowest BCUT2D eigenvalue weighted by Crippen LogP contribution is -2.23. The number of furan rings is 1. The topological polar surface area (TPSA) is 102 Å². The first kappa shape index (κ1) is 20.6. The quantitative estimate of drug-likeness (QED) is 0.149. The molecule has 8 nitrogen and oxygen atoms in total. The first-order valence-electron chi connectivity index (χ1n) is 8.91. The van der Waals surface area contributed by atoms with Gasteiger partial charge in [0.25, 0.3) is 5.91 Å². The summed E-state index contributed by atoms with van der Waals surface area (Å²) in [6.07, 6.45) is 4.30. The van der Waals surface area contributed by atoms with Gasteiger partial charge < -0.3 is 4.42 Å². The van der Waals surface area contributed by atoms with Gasteiger partial charge in [-0.3, -0.25) is 14.9 Å². The number of fused-ring (bicyclic) bond motifs is 1. The fraction of sp³-hybridized carbons (Fsp3) is 0. The van der Waals surface area contributed by atoms with Crippen molar-refractivity contribution in [2.75, 3.05) is 5.01 Å². The number of rotatable bonds is 6. The average molecular weight is 497 g/mol. The summed E-state index contributed by atoms with van der Waals surface area (Å²) in [7, 11) is 0. The zero-order valence-electron chi connectivity index (χ0n) is 15.7. The Hall–Kier alpha value is -3.63. The van der Waals surface area contributed by atoms with E-state index < -0.39 is 16.7 Å². The van der Waals surface area contributed by atoms with Crippen LogP contribution in [0.3, 0.4) is 0 Å². The molecule has 0 bridgehead atoms. The van der Waals surface area contributed by atoms with Crippen LogP contribution in [0.5, 0.6) is 0 Å². The smallest absolute Gasteiger partial charge is 0.400 e. The van der Waals surface area contributed by atoms with Gasteiger partial charge in [0, 0.05) is 10.5 Å². The van der Waals surface area contributed by atoms with Crippen molar-refractivity contribution in [2.45, 2.75) is 0 Å². The lowest BCUT2D eigenvalue weighted by molar-refractivity contribution is -0.402. The number of anilines is 1. The van der Waals surface area contributed by atoms with Crippen molar-refractivity contribution in [2.24, 2.45) is 5.10 Å². The van der Waals surface area contributed by atoms with Crippen molar-refractivity contribution >= 4 is 66.7 Å². The van der Waals surface area contributed by atoms with Gasteiger partial charge in [0.05, 0.1) is 22.5 Å². The summed E-state index contributed by atoms with van der Waals surface area (Å²) in [6, 6.07) is 17.6. The molecule has 0 N–H and O–H groups in total. The highest BCUT2D eigenvalue weighted by Gasteiger charge is 2.18. The zero-order valence-corrected chi connectivity index (χ0v) is 18.1. The Kier molecular flexibility index (Phi) is 6.01. The van der Waals surface area contributed by atoms with Gasteiger partial charge in [-0.15, -0.1) is 0 Å². The van der Waals surface area contributed by atoms with Crippen molar-refractivity contribution in [1.29, 1.82) is 0 Å². The van der Waals surface area contributed by atoms with Gasteiger partial charge in [0.1, 0.15) is 4.92 Å². The number of amides is 1. The largest absolute Gasteiger partial charge is 0.433 e. The van der Waals surface area contributed by atoms with E-state index in [-0.39, 0.29) is 5.76 Å². The Morgan fingerprint density at radius 3 is 2.74 bits per heavy atom. The van der Waals surface area contributed by atoms with Crippen molar-refractivity contribution in [3.05, 3.63) is 92.7 Å². The summed E-state index contributed by atoms with van der Waals surface area (Å²) in [5.74, 6) is -0.701. The Balaban J connectivity index is 1.67. The van der Waals surface area contributed by atoms with Crippen LogP contribution in [-0.2, 0) is 4.79 Å². The van der Waals surface area contributed by atoms with Crippen LogP contribution in [-0.4, -0.2) is 22.0 Å². The van der Waals surface area contributed by atoms with Crippen molar-refractivity contribution in [3.8, 4) is 0 Å². The molecule has 0 unspecified atom stereocenters. The number of nitro groups is 1. The van der Waals surface area contributed by atoms with Gasteiger partial charge in [0.15, 0.2) is 5.76 Å². The second kappa shape index (κ2) is 9.02. The van der Waals surface area contributed by atoms with Crippen LogP contribution in [0.1, 0.15) is 11.3 Å². The second-order valence-electron chi connectivity index (χ2n) is 6.18. The maximum absolute atomic E-state index is 12.9. The average Bonchev–Trinajstić information content (AvgIpc) is 3.40. The number of carbonyl (C=O) groups is 1. The number of hydrogen-bond acceptors (Lipinski definition) is 7. The number of hydrogen-bond donors (Lipinski definition) is 0. The number of carbonyl (C=O) groups excluding carboxylic acids is 1. The number of benzene rings is 2. The third-order valence-corrected chi connectivity index (χ3v) is 5.53. The number of hydrazone groups is 1. The second-order valence-corrected chi connectivity index (χ2v) is 8.11. The van der Waals surface area contributed by atoms with Gasteiger partial charge in [0.2, 0.25) is 5.13 Å². The van der Waals surface area contributed by atoms with Crippen LogP contribution in [0.4, 0.5) is 11.0 Å². The Morgan fingerprint density at radius 1 is 1.19 bits per heavy atom. The highest BCUT2D eigenvalue weighted by Crippen LogP contribution is 2.31. The lowest BCUT2D eigenvalue weighted by atomic mass is 10.2. The standard InChI is InChI=1S/C21H13BrN4O4S/c22-15-7-9-17-18(12-15)31-21(24-17)25(19(27)10-6-14-4-2-1-3-5-14)23-13-16-8-11-20(30-16)26(28)29/h1-13H/b10-6+,23-13+. The zero-order chi connectivity index (χ0) is 21.8. The molecule has 4 aromatic rings. The number of thiazole rings is 1. The van der Waals surface area contributed by atoms with Gasteiger partial charge in [-0.2, -0.15) is 10.1 Å². The maximum Gasteiger partial charge on any atom is 0.433 e. The molecule has 1 amide bonds. The van der Waals surface area contributed by atoms with E-state index in [4.69, 9.17) is 4.42 Å². The molecule has 4 rings (SSSR count). The molecular weight excluding hydrogens is 484 g/mol. The molecular formula is C21H13BrN4O4S. The predicted molar refractivity (Wildman–Crippen MR) is 123 cm³/mol. The first-order chi connectivity index (χ1) is 15.0. The van der Waals surface area contributed by atoms with Crippen molar-refractivity contribution in [3.63, 3.8) is 0 Å². The molecule has 0 radical (unpaired) electrons. The minimum atomic E-state index is -0.645. The molecule has 0 saturated carbocycles. The number of aromatic nitrogens is 1. The number of halogens is 1. The van der Waals surface area contributed by atoms with Crippen LogP contribution >= 0.6 is 27.3 Å². The summed E-state index contributed by atoms with van der Waals surface area (Å²) < 4.78 is 6.85. The van der Waals surface area contributed by atoms with Crippen LogP contribution in [0.15, 0.2) is 80.7 Å². The minimum Gasteiger partial charge on any atom is -0.400 e. The summed E-state index contributed by atoms with van der Waals surface area (Å²) in [4.78, 5) is 27.6. The molecule has 31 heavy (non-hydrogen) atoms. The van der Waals surface area contributed by atoms with Crippen molar-refractivity contribution in [1.82, 2.24) is 4.98 Å². The Bertz CT molecular complexity index is 1310. The molecule has 0 aliphatic heterocycles. The predicted octanol–water partition coefficient (Wildman–Crippen LogP) is 5.64. The molecule has 10 heteroatoms. The van der Waals surface area contributed by atoms with E-state index in [0.717, 1.165) is 25.3 Å². The highest BCUT2D eigenvalue weighted by atomic mass is 79.9. The van der Waals surface area contributed by atoms with Crippen LogP contribution < -0.4 is 5.01 Å². The molecule has 0 spiro atoms. The van der Waals surface area contributed by atoms with Gasteiger partial charge in [-0.25, -0.2) is 4.98 Å². The monoisotopic (exact) mass is 496 g/mol. The van der Waals surface area contributed by atoms with Crippen LogP contribution in [0, 0.1) is 10.1 Å². The van der Waals surface area contributed by atoms with E-state index in [9.17, 15) is 14.9 Å². The summed E-state index contributed by atoms with van der Waals surface area (Å²) in [5.41, 5.74) is 1.58. The summed E-state index contributed by atoms with van der Waals surface area (Å²) >= 11 is 4.72. The molecule has 2 aromatic carbocycles. The number of nitrogens with zero attached hydrogens (tertiary/aromatic N) is 4. The molecule has 2 heterocycles. The van der Waals surface area contributed by atoms with Crippen LogP contribution in [0.2, 0.25) is 0 Å². The van der Waals surface area contributed by atoms with E-state index in [2.05, 4.69) is 26.0 Å². The van der Waals surface area contributed by atoms with E-state index in [1.807, 2.05) is 48.5 Å². The summed E-state index contributed by atoms with van der Waals surface area (Å²) in [6.45, 7) is 0.